The summed E-state index contributed by atoms with van der Waals surface area (Å²) in [6, 6.07) is -1.53. The molecule has 14 N–H and O–H groups in total. The Morgan fingerprint density at radius 1 is 0.880 bits per heavy atom. The highest BCUT2D eigenvalue weighted by atomic mass is 16.5. The summed E-state index contributed by atoms with van der Waals surface area (Å²) in [5.74, 6) is -6.54. The van der Waals surface area contributed by atoms with E-state index in [-0.39, 0.29) is 31.2 Å². The lowest BCUT2D eigenvalue weighted by atomic mass is 9.84. The number of ether oxygens (including phenoxy) is 1. The standard InChI is InChI=1S/C32H47N9O9/c1-2-14-50-32(49)40-21(15-18-8-10-19(11-9-18)26(34)35)29(45)38-20(12-13-23(42)43)28(44)41-25(24(33)27(36)37)30(46)39-22(31(47)48)16-17-6-4-3-5-7-17/h2,8-11,17,20-22,24-25H,1,3-7,12-16,33H2,(H3,34,35)(H3,36,37)(H,38,45)(H,39,46)(H,40,49)(H,41,44)(H,42,43)(H,47,48)/t20-,21-,22-,24?,25-/m0/s1. The van der Waals surface area contributed by atoms with Crippen molar-refractivity contribution in [3.63, 3.8) is 0 Å². The molecule has 4 amide bonds. The van der Waals surface area contributed by atoms with Gasteiger partial charge in [0.15, 0.2) is 0 Å². The Balaban J connectivity index is 2.32. The SMILES string of the molecule is C=CCOC(=O)N[C@@H](Cc1ccc(C(=N)N)cc1)C(=O)N[C@@H](CCC(=O)O)C(=O)N[C@H](C(=O)N[C@@H](CC1CCCCC1)C(=O)O)C(N)C(=N)N. The van der Waals surface area contributed by atoms with Crippen molar-refractivity contribution >= 4 is 47.4 Å². The van der Waals surface area contributed by atoms with Crippen LogP contribution < -0.4 is 38.5 Å². The molecule has 0 aliphatic heterocycles. The Morgan fingerprint density at radius 2 is 1.48 bits per heavy atom. The number of amides is 4. The molecule has 1 aliphatic carbocycles. The molecular formula is C32H47N9O9. The van der Waals surface area contributed by atoms with Gasteiger partial charge in [-0.15, -0.1) is 0 Å². The third-order valence-electron chi connectivity index (χ3n) is 8.13. The Kier molecular flexibility index (Phi) is 16.3. The maximum Gasteiger partial charge on any atom is 0.408 e. The number of alkyl carbamates (subject to hydrolysis) is 1. The van der Waals surface area contributed by atoms with Crippen LogP contribution in [0.1, 0.15) is 62.5 Å². The molecule has 50 heavy (non-hydrogen) atoms. The number of hydrogen-bond donors (Lipinski definition) is 11. The predicted molar refractivity (Wildman–Crippen MR) is 181 cm³/mol. The van der Waals surface area contributed by atoms with Gasteiger partial charge in [0.25, 0.3) is 0 Å². The second-order valence-electron chi connectivity index (χ2n) is 12.0. The van der Waals surface area contributed by atoms with Crippen molar-refractivity contribution < 1.29 is 43.7 Å². The Hall–Kier alpha value is -5.52. The van der Waals surface area contributed by atoms with Crippen molar-refractivity contribution in [1.29, 1.82) is 10.8 Å². The number of carboxylic acids is 2. The summed E-state index contributed by atoms with van der Waals surface area (Å²) >= 11 is 0. The number of hydrogen-bond acceptors (Lipinski definition) is 10. The Labute approximate surface area is 288 Å². The van der Waals surface area contributed by atoms with E-state index in [1.54, 1.807) is 12.1 Å². The second-order valence-corrected chi connectivity index (χ2v) is 12.0. The normalized spacial score (nSPS) is 15.9. The highest BCUT2D eigenvalue weighted by Gasteiger charge is 2.36. The van der Waals surface area contributed by atoms with Gasteiger partial charge in [-0.05, 0) is 24.3 Å². The number of rotatable bonds is 20. The smallest absolute Gasteiger partial charge is 0.408 e. The number of carbonyl (C=O) groups excluding carboxylic acids is 4. The molecule has 0 bridgehead atoms. The summed E-state index contributed by atoms with van der Waals surface area (Å²) in [5.41, 5.74) is 18.0. The predicted octanol–water partition coefficient (Wildman–Crippen LogP) is -0.569. The maximum absolute atomic E-state index is 13.6. The minimum atomic E-state index is -1.78. The van der Waals surface area contributed by atoms with Gasteiger partial charge in [0.1, 0.15) is 42.4 Å². The molecule has 0 saturated heterocycles. The van der Waals surface area contributed by atoms with E-state index in [9.17, 15) is 39.0 Å². The molecule has 1 saturated carbocycles. The van der Waals surface area contributed by atoms with Crippen molar-refractivity contribution in [2.75, 3.05) is 6.61 Å². The van der Waals surface area contributed by atoms with Crippen LogP contribution in [0.3, 0.4) is 0 Å². The van der Waals surface area contributed by atoms with Crippen molar-refractivity contribution in [1.82, 2.24) is 21.3 Å². The molecule has 2 rings (SSSR count). The van der Waals surface area contributed by atoms with E-state index in [4.69, 9.17) is 32.8 Å². The van der Waals surface area contributed by atoms with Crippen LogP contribution in [0, 0.1) is 16.7 Å². The molecular weight excluding hydrogens is 654 g/mol. The minimum absolute atomic E-state index is 0.0537. The molecule has 1 aromatic rings. The zero-order valence-corrected chi connectivity index (χ0v) is 27.6. The van der Waals surface area contributed by atoms with E-state index < -0.39 is 84.6 Å². The largest absolute Gasteiger partial charge is 0.481 e. The number of amidine groups is 2. The van der Waals surface area contributed by atoms with Gasteiger partial charge in [-0.1, -0.05) is 69.0 Å². The van der Waals surface area contributed by atoms with E-state index in [1.807, 2.05) is 0 Å². The summed E-state index contributed by atoms with van der Waals surface area (Å²) in [5, 5.41) is 44.0. The summed E-state index contributed by atoms with van der Waals surface area (Å²) in [6.07, 6.45) is 3.70. The first-order valence-corrected chi connectivity index (χ1v) is 16.1. The summed E-state index contributed by atoms with van der Waals surface area (Å²) in [6.45, 7) is 3.27. The number of nitrogen functional groups attached to an aromatic ring is 1. The van der Waals surface area contributed by atoms with Crippen LogP contribution in [0.2, 0.25) is 0 Å². The van der Waals surface area contributed by atoms with Crippen LogP contribution in [0.15, 0.2) is 36.9 Å². The molecule has 0 heterocycles. The van der Waals surface area contributed by atoms with Crippen molar-refractivity contribution in [3.05, 3.63) is 48.0 Å². The van der Waals surface area contributed by atoms with Gasteiger partial charge in [-0.2, -0.15) is 0 Å². The molecule has 1 aliphatic rings. The molecule has 0 aromatic heterocycles. The van der Waals surface area contributed by atoms with Gasteiger partial charge < -0.3 is 53.4 Å². The van der Waals surface area contributed by atoms with Gasteiger partial charge in [-0.25, -0.2) is 9.59 Å². The Bertz CT molecular complexity index is 1410. The molecule has 1 aromatic carbocycles. The lowest BCUT2D eigenvalue weighted by molar-refractivity contribution is -0.143. The van der Waals surface area contributed by atoms with Crippen LogP contribution in [-0.2, 0) is 35.1 Å². The number of benzene rings is 1. The number of carboxylic acid groups (broad SMARTS) is 2. The first-order valence-electron chi connectivity index (χ1n) is 16.1. The van der Waals surface area contributed by atoms with Crippen LogP contribution in [0.25, 0.3) is 0 Å². The molecule has 18 heteroatoms. The third kappa shape index (κ3) is 13.5. The van der Waals surface area contributed by atoms with E-state index in [0.717, 1.165) is 32.1 Å². The van der Waals surface area contributed by atoms with Gasteiger partial charge in [0.05, 0.1) is 6.04 Å². The zero-order valence-electron chi connectivity index (χ0n) is 27.6. The average molecular weight is 702 g/mol. The lowest BCUT2D eigenvalue weighted by Crippen LogP contribution is -2.64. The third-order valence-corrected chi connectivity index (χ3v) is 8.13. The first kappa shape index (κ1) is 40.7. The van der Waals surface area contributed by atoms with E-state index in [1.165, 1.54) is 18.2 Å². The summed E-state index contributed by atoms with van der Waals surface area (Å²) < 4.78 is 4.93. The molecule has 1 unspecified atom stereocenters. The van der Waals surface area contributed by atoms with Crippen LogP contribution in [0.4, 0.5) is 4.79 Å². The minimum Gasteiger partial charge on any atom is -0.481 e. The van der Waals surface area contributed by atoms with Crippen LogP contribution >= 0.6 is 0 Å². The molecule has 18 nitrogen and oxygen atoms in total. The number of nitrogens with two attached hydrogens (primary N) is 3. The monoisotopic (exact) mass is 701 g/mol. The fraction of sp³-hybridized carbons (Fsp3) is 0.500. The van der Waals surface area contributed by atoms with Gasteiger partial charge >= 0.3 is 18.0 Å². The quantitative estimate of drug-likeness (QED) is 0.0463. The maximum atomic E-state index is 13.6. The zero-order chi connectivity index (χ0) is 37.4. The molecule has 0 radical (unpaired) electrons. The van der Waals surface area contributed by atoms with E-state index >= 15 is 0 Å². The number of aliphatic carboxylic acids is 2. The van der Waals surface area contributed by atoms with Crippen LogP contribution in [-0.4, -0.2) is 94.5 Å². The summed E-state index contributed by atoms with van der Waals surface area (Å²) in [4.78, 5) is 76.4. The molecule has 0 spiro atoms. The average Bonchev–Trinajstić information content (AvgIpc) is 3.07. The topological polar surface area (TPSA) is 326 Å². The fourth-order valence-electron chi connectivity index (χ4n) is 5.38. The molecule has 5 atom stereocenters. The highest BCUT2D eigenvalue weighted by molar-refractivity contribution is 5.99. The van der Waals surface area contributed by atoms with Crippen molar-refractivity contribution in [2.24, 2.45) is 23.1 Å². The fourth-order valence-corrected chi connectivity index (χ4v) is 5.38. The van der Waals surface area contributed by atoms with Crippen molar-refractivity contribution in [2.45, 2.75) is 88.0 Å². The number of nitrogens with one attached hydrogen (secondary N) is 6. The van der Waals surface area contributed by atoms with Gasteiger partial charge in [0.2, 0.25) is 17.7 Å². The first-order chi connectivity index (χ1) is 23.6. The second kappa shape index (κ2) is 20.1. The van der Waals surface area contributed by atoms with Crippen LogP contribution in [0.5, 0.6) is 0 Å². The van der Waals surface area contributed by atoms with E-state index in [2.05, 4.69) is 27.8 Å². The molecule has 1 fully saturated rings. The summed E-state index contributed by atoms with van der Waals surface area (Å²) in [7, 11) is 0. The van der Waals surface area contributed by atoms with E-state index in [0.29, 0.717) is 11.1 Å². The van der Waals surface area contributed by atoms with Crippen molar-refractivity contribution in [3.8, 4) is 0 Å². The lowest BCUT2D eigenvalue weighted by Gasteiger charge is -2.29. The van der Waals surface area contributed by atoms with Gasteiger partial charge in [0, 0.05) is 18.4 Å². The molecule has 274 valence electrons. The van der Waals surface area contributed by atoms with Gasteiger partial charge in [-0.3, -0.25) is 30.0 Å². The number of carbonyl (C=O) groups is 6. The highest BCUT2D eigenvalue weighted by Crippen LogP contribution is 2.27. The Morgan fingerprint density at radius 3 is 2.02 bits per heavy atom.